The van der Waals surface area contributed by atoms with Gasteiger partial charge in [-0.15, -0.1) is 5.10 Å². The first-order valence-electron chi connectivity index (χ1n) is 21.0. The van der Waals surface area contributed by atoms with Gasteiger partial charge in [0.2, 0.25) is 0 Å². The van der Waals surface area contributed by atoms with Crippen LogP contribution in [-0.2, 0) is 20.6 Å². The molecule has 0 aliphatic heterocycles. The van der Waals surface area contributed by atoms with Gasteiger partial charge in [0, 0.05) is 17.3 Å². The number of nitrogens with zero attached hydrogens (tertiary/aromatic N) is 6. The van der Waals surface area contributed by atoms with Gasteiger partial charge in [0.25, 0.3) is 0 Å². The minimum atomic E-state index is -1.09. The number of benzene rings is 6. The Morgan fingerprint density at radius 1 is 0.625 bits per heavy atom. The molecule has 0 fully saturated rings. The summed E-state index contributed by atoms with van der Waals surface area (Å²) >= 11 is 0. The third kappa shape index (κ3) is 7.55. The van der Waals surface area contributed by atoms with E-state index in [9.17, 15) is 9.59 Å². The predicted octanol–water partition coefficient (Wildman–Crippen LogP) is 10.7. The van der Waals surface area contributed by atoms with Crippen LogP contribution in [0.2, 0.25) is 0 Å². The number of allylic oxidation sites excluding steroid dienone is 1. The molecule has 10 nitrogen and oxygen atoms in total. The highest BCUT2D eigenvalue weighted by molar-refractivity contribution is 5.98. The molecule has 0 aliphatic rings. The van der Waals surface area contributed by atoms with E-state index in [0.717, 1.165) is 38.1 Å². The molecule has 0 atom stereocenters. The third-order valence-electron chi connectivity index (χ3n) is 11.2. The topological polar surface area (TPSA) is 117 Å². The average molecular weight is 840 g/mol. The first kappa shape index (κ1) is 41.1. The standard InChI is InChI=1S/C54H45N7O3/c1-52(2,3)64-51(63)60-38-39(37-55-60)46(34-35-62)47-36-48(57-53(40-22-10-4-11-23-40,41-24-12-5-13-25-41)42-26-14-6-15-27-42)56-50-49(47)58-59-61(50)54(43-28-16-7-17-29-43,44-30-18-8-19-31-44)45-32-20-9-21-33-45/h4-38H,1-3H3,(H,56,57). The van der Waals surface area contributed by atoms with Crippen molar-refractivity contribution in [2.75, 3.05) is 5.32 Å². The number of carbonyl (C=O) groups excluding carboxylic acids is 2. The minimum Gasteiger partial charge on any atom is -0.442 e. The van der Waals surface area contributed by atoms with Crippen LogP contribution in [0.5, 0.6) is 0 Å². The molecule has 0 spiro atoms. The molecule has 10 heteroatoms. The molecule has 0 amide bonds. The van der Waals surface area contributed by atoms with Gasteiger partial charge in [-0.25, -0.2) is 14.5 Å². The normalized spacial score (nSPS) is 12.2. The molecule has 314 valence electrons. The SMILES string of the molecule is CC(C)(C)OC(=O)n1cc(C(=CC=O)c2cc(NC(c3ccccc3)(c3ccccc3)c3ccccc3)nc3c2nnn3C(c2ccccc2)(c2ccccc2)c2ccccc2)cn1. The van der Waals surface area contributed by atoms with Crippen molar-refractivity contribution in [3.63, 3.8) is 0 Å². The maximum absolute atomic E-state index is 13.3. The first-order chi connectivity index (χ1) is 31.2. The zero-order chi connectivity index (χ0) is 44.2. The maximum Gasteiger partial charge on any atom is 0.435 e. The lowest BCUT2D eigenvalue weighted by Crippen LogP contribution is -2.39. The van der Waals surface area contributed by atoms with Crippen LogP contribution in [-0.4, -0.2) is 47.7 Å². The smallest absolute Gasteiger partial charge is 0.435 e. The van der Waals surface area contributed by atoms with E-state index in [1.807, 2.05) is 120 Å². The molecule has 0 unspecified atom stereocenters. The Hall–Kier alpha value is -8.24. The van der Waals surface area contributed by atoms with Gasteiger partial charge in [-0.3, -0.25) is 4.79 Å². The van der Waals surface area contributed by atoms with E-state index >= 15 is 0 Å². The van der Waals surface area contributed by atoms with Gasteiger partial charge in [-0.1, -0.05) is 187 Å². The van der Waals surface area contributed by atoms with Crippen LogP contribution in [0.3, 0.4) is 0 Å². The van der Waals surface area contributed by atoms with Crippen molar-refractivity contribution in [3.05, 3.63) is 251 Å². The van der Waals surface area contributed by atoms with Crippen molar-refractivity contribution >= 4 is 34.9 Å². The number of rotatable bonds is 12. The molecule has 9 aromatic rings. The third-order valence-corrected chi connectivity index (χ3v) is 11.2. The van der Waals surface area contributed by atoms with Gasteiger partial charge in [-0.2, -0.15) is 9.78 Å². The highest BCUT2D eigenvalue weighted by Crippen LogP contribution is 2.44. The van der Waals surface area contributed by atoms with Crippen LogP contribution < -0.4 is 5.32 Å². The molecular weight excluding hydrogens is 795 g/mol. The summed E-state index contributed by atoms with van der Waals surface area (Å²) in [7, 11) is 0. The van der Waals surface area contributed by atoms with Crippen LogP contribution in [0.4, 0.5) is 10.6 Å². The Morgan fingerprint density at radius 3 is 1.48 bits per heavy atom. The Morgan fingerprint density at radius 2 is 1.06 bits per heavy atom. The molecule has 0 radical (unpaired) electrons. The zero-order valence-corrected chi connectivity index (χ0v) is 35.6. The Bertz CT molecular complexity index is 2860. The summed E-state index contributed by atoms with van der Waals surface area (Å²) in [6.45, 7) is 5.37. The van der Waals surface area contributed by atoms with Crippen molar-refractivity contribution in [2.45, 2.75) is 37.5 Å². The number of anilines is 1. The molecular formula is C54H45N7O3. The maximum atomic E-state index is 13.3. The second-order valence-corrected chi connectivity index (χ2v) is 16.4. The van der Waals surface area contributed by atoms with E-state index in [1.54, 1.807) is 27.0 Å². The molecule has 0 saturated heterocycles. The van der Waals surface area contributed by atoms with Crippen molar-refractivity contribution in [2.24, 2.45) is 0 Å². The molecule has 1 N–H and O–H groups in total. The first-order valence-corrected chi connectivity index (χ1v) is 21.0. The zero-order valence-electron chi connectivity index (χ0n) is 35.6. The number of hydrogen-bond donors (Lipinski definition) is 1. The summed E-state index contributed by atoms with van der Waals surface area (Å²) in [4.78, 5) is 31.6. The summed E-state index contributed by atoms with van der Waals surface area (Å²) < 4.78 is 8.66. The van der Waals surface area contributed by atoms with Crippen LogP contribution in [0.15, 0.2) is 207 Å². The number of aldehydes is 1. The van der Waals surface area contributed by atoms with Gasteiger partial charge in [-0.05, 0) is 71.9 Å². The summed E-state index contributed by atoms with van der Waals surface area (Å²) in [5.41, 5.74) is 5.16. The quantitative estimate of drug-likeness (QED) is 0.0734. The number of aromatic nitrogens is 6. The van der Waals surface area contributed by atoms with Crippen molar-refractivity contribution in [3.8, 4) is 0 Å². The van der Waals surface area contributed by atoms with Crippen LogP contribution in [0, 0.1) is 0 Å². The number of fused-ring (bicyclic) bond motifs is 1. The highest BCUT2D eigenvalue weighted by atomic mass is 16.6. The van der Waals surface area contributed by atoms with E-state index in [-0.39, 0.29) is 0 Å². The van der Waals surface area contributed by atoms with Gasteiger partial charge < -0.3 is 10.1 Å². The fourth-order valence-corrected chi connectivity index (χ4v) is 8.56. The molecule has 3 aromatic heterocycles. The molecule has 64 heavy (non-hydrogen) atoms. The minimum absolute atomic E-state index is 0.417. The van der Waals surface area contributed by atoms with Gasteiger partial charge >= 0.3 is 6.09 Å². The summed E-state index contributed by atoms with van der Waals surface area (Å²) in [5.74, 6) is 0.460. The van der Waals surface area contributed by atoms with Gasteiger partial charge in [0.1, 0.15) is 34.3 Å². The fourth-order valence-electron chi connectivity index (χ4n) is 8.56. The lowest BCUT2D eigenvalue weighted by molar-refractivity contribution is -0.104. The molecule has 0 saturated carbocycles. The van der Waals surface area contributed by atoms with E-state index in [2.05, 4.69) is 83.2 Å². The Labute approximate surface area is 371 Å². The second kappa shape index (κ2) is 17.3. The van der Waals surface area contributed by atoms with Gasteiger partial charge in [0.05, 0.1) is 6.20 Å². The summed E-state index contributed by atoms with van der Waals surface area (Å²) in [6.07, 6.45) is 4.60. The fraction of sp³-hybridized carbons (Fsp3) is 0.111. The molecule has 0 aliphatic carbocycles. The number of ether oxygens (including phenoxy) is 1. The van der Waals surface area contributed by atoms with Crippen LogP contribution >= 0.6 is 0 Å². The lowest BCUT2D eigenvalue weighted by atomic mass is 9.77. The van der Waals surface area contributed by atoms with Gasteiger partial charge in [0.15, 0.2) is 5.65 Å². The number of pyridine rings is 1. The van der Waals surface area contributed by atoms with Crippen molar-refractivity contribution < 1.29 is 14.3 Å². The summed E-state index contributed by atoms with van der Waals surface area (Å²) in [5, 5.41) is 18.3. The predicted molar refractivity (Wildman–Crippen MR) is 250 cm³/mol. The molecule has 6 aromatic carbocycles. The van der Waals surface area contributed by atoms with Crippen LogP contribution in [0.1, 0.15) is 65.3 Å². The van der Waals surface area contributed by atoms with E-state index in [1.165, 1.54) is 12.3 Å². The number of nitrogens with one attached hydrogen (secondary N) is 1. The molecule has 9 rings (SSSR count). The largest absolute Gasteiger partial charge is 0.442 e. The van der Waals surface area contributed by atoms with E-state index in [0.29, 0.717) is 40.0 Å². The van der Waals surface area contributed by atoms with E-state index in [4.69, 9.17) is 20.0 Å². The number of carbonyl (C=O) groups is 2. The summed E-state index contributed by atoms with van der Waals surface area (Å²) in [6, 6.07) is 63.3. The number of hydrogen-bond acceptors (Lipinski definition) is 8. The Balaban J connectivity index is 1.38. The molecule has 3 heterocycles. The monoisotopic (exact) mass is 839 g/mol. The van der Waals surface area contributed by atoms with Crippen molar-refractivity contribution in [1.82, 2.24) is 29.8 Å². The highest BCUT2D eigenvalue weighted by Gasteiger charge is 2.43. The lowest BCUT2D eigenvalue weighted by Gasteiger charge is -2.38. The van der Waals surface area contributed by atoms with Crippen LogP contribution in [0.25, 0.3) is 16.7 Å². The van der Waals surface area contributed by atoms with Crippen molar-refractivity contribution in [1.29, 1.82) is 0 Å². The van der Waals surface area contributed by atoms with E-state index < -0.39 is 22.8 Å². The Kier molecular flexibility index (Phi) is 11.1. The second-order valence-electron chi connectivity index (χ2n) is 16.4. The average Bonchev–Trinajstić information content (AvgIpc) is 4.01. The molecule has 0 bridgehead atoms.